The molecule has 0 radical (unpaired) electrons. The molecule has 6 atom stereocenters. The van der Waals surface area contributed by atoms with Crippen LogP contribution >= 0.6 is 0 Å². The highest BCUT2D eigenvalue weighted by Crippen LogP contribution is 2.48. The predicted molar refractivity (Wildman–Crippen MR) is 154 cm³/mol. The lowest BCUT2D eigenvalue weighted by atomic mass is 9.76. The first-order chi connectivity index (χ1) is 20.0. The van der Waals surface area contributed by atoms with E-state index in [1.54, 1.807) is 71.0 Å². The van der Waals surface area contributed by atoms with E-state index in [4.69, 9.17) is 18.9 Å². The smallest absolute Gasteiger partial charge is 0.338 e. The normalized spacial score (nSPS) is 31.5. The summed E-state index contributed by atoms with van der Waals surface area (Å²) in [6.45, 7) is 11.7. The van der Waals surface area contributed by atoms with E-state index < -0.39 is 76.6 Å². The molecule has 0 aromatic heterocycles. The molecule has 1 saturated carbocycles. The first-order valence-corrected chi connectivity index (χ1v) is 14.2. The molecule has 1 fully saturated rings. The summed E-state index contributed by atoms with van der Waals surface area (Å²) in [5.74, 6) is -5.37. The number of Topliss-reactive ketones (excluding diaryl/α,β-unsaturated/α-hetero) is 2. The topological polar surface area (TPSA) is 139 Å². The largest absolute Gasteiger partial charge is 0.458 e. The maximum Gasteiger partial charge on any atom is 0.338 e. The van der Waals surface area contributed by atoms with Crippen LogP contribution in [0.3, 0.4) is 0 Å². The van der Waals surface area contributed by atoms with Gasteiger partial charge in [0.15, 0.2) is 17.5 Å². The Morgan fingerprint density at radius 2 is 1.42 bits per heavy atom. The second-order valence-corrected chi connectivity index (χ2v) is 12.1. The van der Waals surface area contributed by atoms with Crippen LogP contribution in [0.4, 0.5) is 0 Å². The fourth-order valence-electron chi connectivity index (χ4n) is 5.89. The van der Waals surface area contributed by atoms with E-state index in [2.05, 4.69) is 0 Å². The Bertz CT molecular complexity index is 1350. The first kappa shape index (κ1) is 33.4. The summed E-state index contributed by atoms with van der Waals surface area (Å²) in [5.41, 5.74) is -2.14. The van der Waals surface area contributed by atoms with Gasteiger partial charge >= 0.3 is 23.9 Å². The van der Waals surface area contributed by atoms with Gasteiger partial charge in [-0.2, -0.15) is 0 Å². The average Bonchev–Trinajstić information content (AvgIpc) is 3.17. The van der Waals surface area contributed by atoms with Crippen LogP contribution in [-0.4, -0.2) is 59.4 Å². The van der Waals surface area contributed by atoms with Crippen molar-refractivity contribution in [3.05, 3.63) is 59.2 Å². The molecule has 10 heteroatoms. The zero-order valence-electron chi connectivity index (χ0n) is 25.9. The van der Waals surface area contributed by atoms with Crippen molar-refractivity contribution < 1.29 is 47.7 Å². The van der Waals surface area contributed by atoms with Crippen molar-refractivity contribution >= 4 is 35.4 Å². The van der Waals surface area contributed by atoms with Crippen LogP contribution < -0.4 is 0 Å². The summed E-state index contributed by atoms with van der Waals surface area (Å²) in [5, 5.41) is 0. The minimum atomic E-state index is -1.78. The minimum absolute atomic E-state index is 0.0334. The van der Waals surface area contributed by atoms with Crippen molar-refractivity contribution in [3.8, 4) is 0 Å². The Morgan fingerprint density at radius 1 is 0.837 bits per heavy atom. The van der Waals surface area contributed by atoms with Gasteiger partial charge in [0.2, 0.25) is 11.9 Å². The quantitative estimate of drug-likeness (QED) is 0.271. The molecular weight excluding hydrogens is 556 g/mol. The molecule has 0 amide bonds. The number of hydrogen-bond donors (Lipinski definition) is 0. The van der Waals surface area contributed by atoms with E-state index in [0.717, 1.165) is 13.8 Å². The molecule has 0 spiro atoms. The molecule has 0 unspecified atom stereocenters. The van der Waals surface area contributed by atoms with E-state index in [1.165, 1.54) is 13.0 Å². The van der Waals surface area contributed by atoms with Crippen molar-refractivity contribution in [1.29, 1.82) is 0 Å². The number of fused-ring (bicyclic) bond motifs is 1. The number of benzene rings is 1. The molecule has 43 heavy (non-hydrogen) atoms. The number of hydrogen-bond acceptors (Lipinski definition) is 10. The van der Waals surface area contributed by atoms with Crippen LogP contribution in [0, 0.1) is 17.3 Å². The van der Waals surface area contributed by atoms with Gasteiger partial charge in [-0.15, -0.1) is 0 Å². The highest BCUT2D eigenvalue weighted by Gasteiger charge is 2.60. The monoisotopic (exact) mass is 596 g/mol. The Morgan fingerprint density at radius 3 is 1.98 bits per heavy atom. The van der Waals surface area contributed by atoms with Crippen LogP contribution in [0.5, 0.6) is 0 Å². The molecule has 10 nitrogen and oxygen atoms in total. The van der Waals surface area contributed by atoms with Gasteiger partial charge in [-0.25, -0.2) is 4.79 Å². The lowest BCUT2D eigenvalue weighted by Crippen LogP contribution is -2.50. The van der Waals surface area contributed by atoms with Crippen LogP contribution in [0.1, 0.15) is 78.6 Å². The zero-order chi connectivity index (χ0) is 32.3. The van der Waals surface area contributed by atoms with E-state index in [-0.39, 0.29) is 29.6 Å². The van der Waals surface area contributed by atoms with E-state index in [1.807, 2.05) is 0 Å². The third-order valence-corrected chi connectivity index (χ3v) is 8.00. The Labute approximate surface area is 251 Å². The number of ketones is 2. The third kappa shape index (κ3) is 7.29. The van der Waals surface area contributed by atoms with Crippen LogP contribution in [0.2, 0.25) is 0 Å². The summed E-state index contributed by atoms with van der Waals surface area (Å²) in [6, 6.07) is 8.31. The SMILES string of the molecule is CC(=O)O[C@@H]1C(=O)C(C)(C)C/C=C(/C)C(=O)[C@@]2(OC(C)=O)C[C@@H](C)[C@H](OC(=O)c3ccccc3)[C@@H]2/C=C(\C)[C@@H]1OC(C)=O. The Balaban J connectivity index is 2.31. The van der Waals surface area contributed by atoms with Crippen LogP contribution in [0.25, 0.3) is 0 Å². The van der Waals surface area contributed by atoms with Crippen molar-refractivity contribution in [2.75, 3.05) is 0 Å². The van der Waals surface area contributed by atoms with E-state index in [9.17, 15) is 28.8 Å². The fourth-order valence-corrected chi connectivity index (χ4v) is 5.89. The zero-order valence-corrected chi connectivity index (χ0v) is 25.9. The molecule has 0 aliphatic heterocycles. The standard InChI is InChI=1S/C33H40O10/c1-18-14-15-32(7,8)30(38)28(41-22(5)35)27(40-21(4)34)19(2)16-25-26(42-31(39)24-12-10-9-11-13-24)20(3)17-33(25,29(18)37)43-23(6)36/h9-14,16,20,25-28H,15,17H2,1-8H3/b18-14-,19-16+/t20-,25+,26+,27+,28+,33-/m1/s1. The summed E-state index contributed by atoms with van der Waals surface area (Å²) >= 11 is 0. The van der Waals surface area contributed by atoms with Gasteiger partial charge in [0.25, 0.3) is 0 Å². The summed E-state index contributed by atoms with van der Waals surface area (Å²) in [4.78, 5) is 78.3. The van der Waals surface area contributed by atoms with Gasteiger partial charge in [-0.05, 0) is 49.5 Å². The number of rotatable bonds is 5. The molecule has 2 aliphatic carbocycles. The number of allylic oxidation sites excluding steroid dienone is 1. The molecule has 2 aliphatic rings. The van der Waals surface area contributed by atoms with Crippen LogP contribution in [-0.2, 0) is 42.9 Å². The van der Waals surface area contributed by atoms with Crippen LogP contribution in [0.15, 0.2) is 53.6 Å². The summed E-state index contributed by atoms with van der Waals surface area (Å²) in [6.07, 6.45) is -0.620. The van der Waals surface area contributed by atoms with Gasteiger partial charge in [0, 0.05) is 32.6 Å². The first-order valence-electron chi connectivity index (χ1n) is 14.2. The highest BCUT2D eigenvalue weighted by molar-refractivity contribution is 6.03. The van der Waals surface area contributed by atoms with Gasteiger partial charge < -0.3 is 18.9 Å². The maximum absolute atomic E-state index is 14.3. The molecule has 0 bridgehead atoms. The van der Waals surface area contributed by atoms with E-state index >= 15 is 0 Å². The molecule has 0 N–H and O–H groups in total. The lowest BCUT2D eigenvalue weighted by molar-refractivity contribution is -0.170. The summed E-state index contributed by atoms with van der Waals surface area (Å²) < 4.78 is 22.9. The molecule has 1 aromatic rings. The molecular formula is C33H40O10. The molecule has 3 rings (SSSR count). The van der Waals surface area contributed by atoms with Gasteiger partial charge in [-0.3, -0.25) is 24.0 Å². The number of ether oxygens (including phenoxy) is 4. The molecule has 1 aromatic carbocycles. The minimum Gasteiger partial charge on any atom is -0.458 e. The average molecular weight is 597 g/mol. The van der Waals surface area contributed by atoms with Gasteiger partial charge in [0.1, 0.15) is 6.10 Å². The molecule has 0 saturated heterocycles. The Kier molecular flexibility index (Phi) is 10.1. The van der Waals surface area contributed by atoms with Gasteiger partial charge in [0.05, 0.1) is 11.5 Å². The van der Waals surface area contributed by atoms with Crippen molar-refractivity contribution in [2.24, 2.45) is 17.3 Å². The predicted octanol–water partition coefficient (Wildman–Crippen LogP) is 4.49. The second kappa shape index (κ2) is 13.1. The van der Waals surface area contributed by atoms with Gasteiger partial charge in [-0.1, -0.05) is 51.1 Å². The number of carbonyl (C=O) groups excluding carboxylic acids is 6. The number of carbonyl (C=O) groups is 6. The Hall–Kier alpha value is -4.08. The third-order valence-electron chi connectivity index (χ3n) is 8.00. The molecule has 0 heterocycles. The maximum atomic E-state index is 14.3. The summed E-state index contributed by atoms with van der Waals surface area (Å²) in [7, 11) is 0. The van der Waals surface area contributed by atoms with E-state index in [0.29, 0.717) is 0 Å². The van der Waals surface area contributed by atoms with Crippen molar-refractivity contribution in [2.45, 2.75) is 92.1 Å². The fraction of sp³-hybridized carbons (Fsp3) is 0.515. The van der Waals surface area contributed by atoms with Crippen molar-refractivity contribution in [3.63, 3.8) is 0 Å². The highest BCUT2D eigenvalue weighted by atomic mass is 16.6. The number of esters is 4. The lowest BCUT2D eigenvalue weighted by Gasteiger charge is -2.36. The second-order valence-electron chi connectivity index (χ2n) is 12.1. The molecule has 232 valence electrons. The van der Waals surface area contributed by atoms with Crippen molar-refractivity contribution in [1.82, 2.24) is 0 Å².